The molecule has 1 atom stereocenters. The molecule has 0 fully saturated rings. The molecule has 0 N–H and O–H groups in total. The summed E-state index contributed by atoms with van der Waals surface area (Å²) in [6.45, 7) is 12.9. The van der Waals surface area contributed by atoms with Gasteiger partial charge in [0.2, 0.25) is 0 Å². The highest BCUT2D eigenvalue weighted by Gasteiger charge is 2.30. The van der Waals surface area contributed by atoms with Gasteiger partial charge >= 0.3 is 0 Å². The molecule has 0 aromatic heterocycles. The third-order valence-corrected chi connectivity index (χ3v) is 8.07. The van der Waals surface area contributed by atoms with Crippen LogP contribution in [-0.2, 0) is 0 Å². The summed E-state index contributed by atoms with van der Waals surface area (Å²) in [4.78, 5) is 4.75. The zero-order valence-corrected chi connectivity index (χ0v) is 24.9. The summed E-state index contributed by atoms with van der Waals surface area (Å²) in [5.41, 5.74) is 9.64. The Morgan fingerprint density at radius 2 is 1.12 bits per heavy atom. The number of hydrogen-bond acceptors (Lipinski definition) is 4. The SMILES string of the molecule is CCN(CC)c1ccc(/C=C/c2ccc(C3=NN(c4ccccc4)C(c4ccc(N(CC)CC)cc4)C3)cc2)cc1. The van der Waals surface area contributed by atoms with Crippen LogP contribution in [0.5, 0.6) is 0 Å². The Bertz CT molecular complexity index is 1430. The normalized spacial score (nSPS) is 14.9. The fraction of sp³-hybridized carbons (Fsp3) is 0.270. The molecule has 41 heavy (non-hydrogen) atoms. The van der Waals surface area contributed by atoms with E-state index in [0.717, 1.165) is 44.0 Å². The largest absolute Gasteiger partial charge is 0.372 e. The molecule has 0 saturated carbocycles. The first-order valence-electron chi connectivity index (χ1n) is 15.0. The molecule has 210 valence electrons. The molecule has 0 amide bonds. The van der Waals surface area contributed by atoms with Crippen LogP contribution in [0.25, 0.3) is 12.2 Å². The zero-order chi connectivity index (χ0) is 28.6. The van der Waals surface area contributed by atoms with Crippen molar-refractivity contribution in [2.75, 3.05) is 41.0 Å². The fourth-order valence-electron chi connectivity index (χ4n) is 5.62. The van der Waals surface area contributed by atoms with Crippen LogP contribution in [0.1, 0.15) is 62.4 Å². The van der Waals surface area contributed by atoms with Crippen LogP contribution in [0.3, 0.4) is 0 Å². The van der Waals surface area contributed by atoms with E-state index in [1.54, 1.807) is 0 Å². The Balaban J connectivity index is 1.33. The average molecular weight is 543 g/mol. The minimum atomic E-state index is 0.164. The second-order valence-electron chi connectivity index (χ2n) is 10.4. The molecule has 0 aliphatic carbocycles. The van der Waals surface area contributed by atoms with Crippen LogP contribution >= 0.6 is 0 Å². The zero-order valence-electron chi connectivity index (χ0n) is 24.9. The van der Waals surface area contributed by atoms with Gasteiger partial charge in [-0.3, -0.25) is 5.01 Å². The maximum Gasteiger partial charge on any atom is 0.0831 e. The van der Waals surface area contributed by atoms with Gasteiger partial charge in [0.05, 0.1) is 17.4 Å². The third kappa shape index (κ3) is 6.54. The van der Waals surface area contributed by atoms with E-state index in [0.29, 0.717) is 0 Å². The van der Waals surface area contributed by atoms with Crippen molar-refractivity contribution in [1.29, 1.82) is 0 Å². The third-order valence-electron chi connectivity index (χ3n) is 8.07. The minimum absolute atomic E-state index is 0.164. The molecule has 5 rings (SSSR count). The van der Waals surface area contributed by atoms with Crippen LogP contribution in [0.2, 0.25) is 0 Å². The quantitative estimate of drug-likeness (QED) is 0.177. The number of hydrogen-bond donors (Lipinski definition) is 0. The van der Waals surface area contributed by atoms with E-state index >= 15 is 0 Å². The highest BCUT2D eigenvalue weighted by Crippen LogP contribution is 2.37. The van der Waals surface area contributed by atoms with Gasteiger partial charge in [0, 0.05) is 44.0 Å². The van der Waals surface area contributed by atoms with Crippen LogP contribution in [0.4, 0.5) is 17.1 Å². The molecule has 0 bridgehead atoms. The summed E-state index contributed by atoms with van der Waals surface area (Å²) in [5.74, 6) is 0. The Hall–Kier alpha value is -4.31. The van der Waals surface area contributed by atoms with E-state index in [9.17, 15) is 0 Å². The predicted molar refractivity (Wildman–Crippen MR) is 178 cm³/mol. The molecule has 4 aromatic carbocycles. The van der Waals surface area contributed by atoms with Crippen LogP contribution in [-0.4, -0.2) is 31.9 Å². The van der Waals surface area contributed by atoms with Gasteiger partial charge in [-0.2, -0.15) is 5.10 Å². The van der Waals surface area contributed by atoms with Gasteiger partial charge in [0.25, 0.3) is 0 Å². The van der Waals surface area contributed by atoms with E-state index in [4.69, 9.17) is 5.10 Å². The van der Waals surface area contributed by atoms with E-state index in [1.807, 2.05) is 0 Å². The summed E-state index contributed by atoms with van der Waals surface area (Å²) >= 11 is 0. The van der Waals surface area contributed by atoms with Crippen molar-refractivity contribution in [2.24, 2.45) is 5.10 Å². The highest BCUT2D eigenvalue weighted by molar-refractivity contribution is 6.03. The van der Waals surface area contributed by atoms with Gasteiger partial charge in [0.15, 0.2) is 0 Å². The van der Waals surface area contributed by atoms with Crippen molar-refractivity contribution in [1.82, 2.24) is 0 Å². The van der Waals surface area contributed by atoms with Crippen molar-refractivity contribution in [3.63, 3.8) is 0 Å². The Morgan fingerprint density at radius 3 is 1.63 bits per heavy atom. The lowest BCUT2D eigenvalue weighted by Gasteiger charge is -2.25. The molecular weight excluding hydrogens is 500 g/mol. The number of hydrazone groups is 1. The molecule has 1 heterocycles. The molecule has 1 aliphatic heterocycles. The second kappa shape index (κ2) is 13.4. The monoisotopic (exact) mass is 542 g/mol. The topological polar surface area (TPSA) is 22.1 Å². The molecule has 0 radical (unpaired) electrons. The molecule has 0 saturated heterocycles. The lowest BCUT2D eigenvalue weighted by molar-refractivity contribution is 0.708. The highest BCUT2D eigenvalue weighted by atomic mass is 15.5. The van der Waals surface area contributed by atoms with Crippen LogP contribution in [0.15, 0.2) is 108 Å². The van der Waals surface area contributed by atoms with Gasteiger partial charge in [-0.15, -0.1) is 0 Å². The first kappa shape index (κ1) is 28.2. The van der Waals surface area contributed by atoms with Gasteiger partial charge < -0.3 is 9.80 Å². The fourth-order valence-corrected chi connectivity index (χ4v) is 5.62. The smallest absolute Gasteiger partial charge is 0.0831 e. The summed E-state index contributed by atoms with van der Waals surface area (Å²) in [7, 11) is 0. The number of para-hydroxylation sites is 1. The van der Waals surface area contributed by atoms with Crippen molar-refractivity contribution < 1.29 is 0 Å². The van der Waals surface area contributed by atoms with E-state index in [1.165, 1.54) is 33.6 Å². The Morgan fingerprint density at radius 1 is 0.634 bits per heavy atom. The maximum absolute atomic E-state index is 5.15. The van der Waals surface area contributed by atoms with Crippen molar-refractivity contribution >= 4 is 34.9 Å². The predicted octanol–water partition coefficient (Wildman–Crippen LogP) is 8.91. The summed E-state index contributed by atoms with van der Waals surface area (Å²) in [5, 5.41) is 7.35. The maximum atomic E-state index is 5.15. The average Bonchev–Trinajstić information content (AvgIpc) is 3.48. The molecule has 4 heteroatoms. The number of benzene rings is 4. The van der Waals surface area contributed by atoms with Gasteiger partial charge in [0.1, 0.15) is 0 Å². The minimum Gasteiger partial charge on any atom is -0.372 e. The first-order valence-corrected chi connectivity index (χ1v) is 15.0. The van der Waals surface area contributed by atoms with E-state index < -0.39 is 0 Å². The molecule has 0 spiro atoms. The van der Waals surface area contributed by atoms with Gasteiger partial charge in [-0.05, 0) is 86.3 Å². The van der Waals surface area contributed by atoms with E-state index in [2.05, 4.69) is 158 Å². The van der Waals surface area contributed by atoms with Gasteiger partial charge in [-0.25, -0.2) is 0 Å². The molecule has 4 nitrogen and oxygen atoms in total. The molecule has 1 aliphatic rings. The van der Waals surface area contributed by atoms with Crippen molar-refractivity contribution in [2.45, 2.75) is 40.2 Å². The number of nitrogens with zero attached hydrogens (tertiary/aromatic N) is 4. The van der Waals surface area contributed by atoms with Crippen LogP contribution in [0, 0.1) is 0 Å². The van der Waals surface area contributed by atoms with Crippen molar-refractivity contribution in [3.05, 3.63) is 125 Å². The Labute approximate surface area is 246 Å². The molecular formula is C37H42N4. The lowest BCUT2D eigenvalue weighted by atomic mass is 9.97. The molecule has 1 unspecified atom stereocenters. The Kier molecular flexibility index (Phi) is 9.20. The van der Waals surface area contributed by atoms with E-state index in [-0.39, 0.29) is 6.04 Å². The number of anilines is 3. The lowest BCUT2D eigenvalue weighted by Crippen LogP contribution is -2.22. The van der Waals surface area contributed by atoms with Gasteiger partial charge in [-0.1, -0.05) is 78.9 Å². The second-order valence-corrected chi connectivity index (χ2v) is 10.4. The molecule has 4 aromatic rings. The summed E-state index contributed by atoms with van der Waals surface area (Å²) in [6, 6.07) is 37.3. The summed E-state index contributed by atoms with van der Waals surface area (Å²) < 4.78 is 0. The van der Waals surface area contributed by atoms with Crippen LogP contribution < -0.4 is 14.8 Å². The number of rotatable bonds is 11. The first-order chi connectivity index (χ1) is 20.1. The summed E-state index contributed by atoms with van der Waals surface area (Å²) in [6.07, 6.45) is 5.24. The van der Waals surface area contributed by atoms with Crippen molar-refractivity contribution in [3.8, 4) is 0 Å². The standard InChI is InChI=1S/C37H42N4/c1-5-39(6-2)33-24-18-30(19-25-33)15-14-29-16-20-31(21-17-29)36-28-37(41(38-36)35-12-10-9-11-13-35)32-22-26-34(27-23-32)40(7-3)8-4/h9-27,37H,5-8,28H2,1-4H3/b15-14+.